The summed E-state index contributed by atoms with van der Waals surface area (Å²) in [6.07, 6.45) is 0.601. The Bertz CT molecular complexity index is 744. The molecule has 0 heterocycles. The van der Waals surface area contributed by atoms with Crippen LogP contribution >= 0.6 is 0 Å². The Hall–Kier alpha value is -3.02. The normalized spacial score (nSPS) is 11.3. The molecule has 2 N–H and O–H groups in total. The largest absolute Gasteiger partial charge is 0.497 e. The van der Waals surface area contributed by atoms with Crippen molar-refractivity contribution in [2.45, 2.75) is 32.9 Å². The van der Waals surface area contributed by atoms with E-state index in [1.807, 2.05) is 38.1 Å². The predicted octanol–water partition coefficient (Wildman–Crippen LogP) is 3.97. The SMILES string of the molecule is CCC(C)OC(=O)c1cccc(NC(=O)NCc2ccc(OC)cc2)c1. The van der Waals surface area contributed by atoms with Crippen LogP contribution in [-0.4, -0.2) is 25.2 Å². The number of anilines is 1. The molecular weight excluding hydrogens is 332 g/mol. The maximum absolute atomic E-state index is 12.1. The smallest absolute Gasteiger partial charge is 0.338 e. The van der Waals surface area contributed by atoms with Gasteiger partial charge in [0.25, 0.3) is 0 Å². The molecule has 1 atom stereocenters. The van der Waals surface area contributed by atoms with Gasteiger partial charge in [0.15, 0.2) is 0 Å². The Labute approximate surface area is 153 Å². The van der Waals surface area contributed by atoms with E-state index in [9.17, 15) is 9.59 Å². The van der Waals surface area contributed by atoms with Crippen molar-refractivity contribution in [3.05, 3.63) is 59.7 Å². The Kier molecular flexibility index (Phi) is 7.02. The number of hydrogen-bond acceptors (Lipinski definition) is 4. The van der Waals surface area contributed by atoms with Gasteiger partial charge in [-0.05, 0) is 49.2 Å². The summed E-state index contributed by atoms with van der Waals surface area (Å²) in [7, 11) is 1.60. The summed E-state index contributed by atoms with van der Waals surface area (Å²) < 4.78 is 10.4. The van der Waals surface area contributed by atoms with Crippen molar-refractivity contribution in [2.75, 3.05) is 12.4 Å². The molecule has 0 fully saturated rings. The van der Waals surface area contributed by atoms with Gasteiger partial charge in [-0.3, -0.25) is 0 Å². The molecule has 0 aliphatic rings. The molecule has 26 heavy (non-hydrogen) atoms. The topological polar surface area (TPSA) is 76.7 Å². The lowest BCUT2D eigenvalue weighted by Crippen LogP contribution is -2.28. The van der Waals surface area contributed by atoms with Crippen LogP contribution in [0.4, 0.5) is 10.5 Å². The first kappa shape index (κ1) is 19.3. The van der Waals surface area contributed by atoms with Crippen LogP contribution in [0.15, 0.2) is 48.5 Å². The van der Waals surface area contributed by atoms with Crippen LogP contribution in [0, 0.1) is 0 Å². The van der Waals surface area contributed by atoms with Crippen LogP contribution in [0.1, 0.15) is 36.2 Å². The third kappa shape index (κ3) is 5.81. The molecule has 0 aliphatic heterocycles. The highest BCUT2D eigenvalue weighted by Crippen LogP contribution is 2.14. The predicted molar refractivity (Wildman–Crippen MR) is 100 cm³/mol. The summed E-state index contributed by atoms with van der Waals surface area (Å²) >= 11 is 0. The molecule has 0 aromatic heterocycles. The number of ether oxygens (including phenoxy) is 2. The van der Waals surface area contributed by atoms with E-state index >= 15 is 0 Å². The number of benzene rings is 2. The molecule has 1 unspecified atom stereocenters. The average molecular weight is 356 g/mol. The highest BCUT2D eigenvalue weighted by atomic mass is 16.5. The molecule has 6 nitrogen and oxygen atoms in total. The van der Waals surface area contributed by atoms with E-state index in [0.29, 0.717) is 17.8 Å². The van der Waals surface area contributed by atoms with Gasteiger partial charge in [0, 0.05) is 12.2 Å². The number of esters is 1. The minimum atomic E-state index is -0.401. The second-order valence-electron chi connectivity index (χ2n) is 5.86. The van der Waals surface area contributed by atoms with Gasteiger partial charge in [-0.1, -0.05) is 25.1 Å². The molecule has 0 bridgehead atoms. The van der Waals surface area contributed by atoms with Crippen LogP contribution in [0.5, 0.6) is 5.75 Å². The van der Waals surface area contributed by atoms with E-state index in [-0.39, 0.29) is 12.1 Å². The molecule has 0 aliphatic carbocycles. The lowest BCUT2D eigenvalue weighted by atomic mass is 10.2. The number of methoxy groups -OCH3 is 1. The van der Waals surface area contributed by atoms with Crippen molar-refractivity contribution in [2.24, 2.45) is 0 Å². The molecule has 0 saturated heterocycles. The van der Waals surface area contributed by atoms with E-state index in [1.54, 1.807) is 31.4 Å². The third-order valence-corrected chi connectivity index (χ3v) is 3.85. The average Bonchev–Trinajstić information content (AvgIpc) is 2.66. The summed E-state index contributed by atoms with van der Waals surface area (Å²) in [5, 5.41) is 5.48. The number of amides is 2. The fourth-order valence-electron chi connectivity index (χ4n) is 2.16. The molecule has 2 amide bonds. The van der Waals surface area contributed by atoms with Crippen molar-refractivity contribution >= 4 is 17.7 Å². The zero-order chi connectivity index (χ0) is 18.9. The van der Waals surface area contributed by atoms with Crippen molar-refractivity contribution in [3.8, 4) is 5.75 Å². The molecular formula is C20H24N2O4. The summed E-state index contributed by atoms with van der Waals surface area (Å²) in [5.74, 6) is 0.362. The second kappa shape index (κ2) is 9.46. The van der Waals surface area contributed by atoms with E-state index in [4.69, 9.17) is 9.47 Å². The number of urea groups is 1. The number of rotatable bonds is 7. The van der Waals surface area contributed by atoms with E-state index < -0.39 is 5.97 Å². The van der Waals surface area contributed by atoms with Gasteiger partial charge in [-0.25, -0.2) is 9.59 Å². The summed E-state index contributed by atoms with van der Waals surface area (Å²) in [6, 6.07) is 13.7. The Balaban J connectivity index is 1.89. The van der Waals surface area contributed by atoms with Crippen molar-refractivity contribution in [3.63, 3.8) is 0 Å². The zero-order valence-corrected chi connectivity index (χ0v) is 15.2. The second-order valence-corrected chi connectivity index (χ2v) is 5.86. The maximum atomic E-state index is 12.1. The molecule has 2 aromatic rings. The summed E-state index contributed by atoms with van der Waals surface area (Å²) in [5.41, 5.74) is 1.88. The number of hydrogen-bond donors (Lipinski definition) is 2. The zero-order valence-electron chi connectivity index (χ0n) is 15.2. The van der Waals surface area contributed by atoms with Crippen LogP contribution in [0.25, 0.3) is 0 Å². The van der Waals surface area contributed by atoms with Gasteiger partial charge in [-0.15, -0.1) is 0 Å². The Morgan fingerprint density at radius 1 is 1.12 bits per heavy atom. The van der Waals surface area contributed by atoms with Crippen LogP contribution in [-0.2, 0) is 11.3 Å². The monoisotopic (exact) mass is 356 g/mol. The van der Waals surface area contributed by atoms with Crippen molar-refractivity contribution < 1.29 is 19.1 Å². The van der Waals surface area contributed by atoms with Gasteiger partial charge in [-0.2, -0.15) is 0 Å². The van der Waals surface area contributed by atoms with Gasteiger partial charge in [0.1, 0.15) is 5.75 Å². The first-order valence-corrected chi connectivity index (χ1v) is 8.50. The fraction of sp³-hybridized carbons (Fsp3) is 0.300. The molecule has 0 radical (unpaired) electrons. The highest BCUT2D eigenvalue weighted by Gasteiger charge is 2.12. The molecule has 0 saturated carbocycles. The third-order valence-electron chi connectivity index (χ3n) is 3.85. The van der Waals surface area contributed by atoms with Gasteiger partial charge in [0.05, 0.1) is 18.8 Å². The number of carbonyl (C=O) groups is 2. The van der Waals surface area contributed by atoms with Crippen LogP contribution in [0.2, 0.25) is 0 Å². The lowest BCUT2D eigenvalue weighted by Gasteiger charge is -2.12. The van der Waals surface area contributed by atoms with E-state index in [1.165, 1.54) is 0 Å². The first-order valence-electron chi connectivity index (χ1n) is 8.50. The van der Waals surface area contributed by atoms with Crippen LogP contribution < -0.4 is 15.4 Å². The fourth-order valence-corrected chi connectivity index (χ4v) is 2.16. The Morgan fingerprint density at radius 2 is 1.85 bits per heavy atom. The van der Waals surface area contributed by atoms with Gasteiger partial charge < -0.3 is 20.1 Å². The minimum Gasteiger partial charge on any atom is -0.497 e. The quantitative estimate of drug-likeness (QED) is 0.736. The van der Waals surface area contributed by atoms with Crippen molar-refractivity contribution in [1.82, 2.24) is 5.32 Å². The van der Waals surface area contributed by atoms with Gasteiger partial charge in [0.2, 0.25) is 0 Å². The lowest BCUT2D eigenvalue weighted by molar-refractivity contribution is 0.0334. The standard InChI is InChI=1S/C20H24N2O4/c1-4-14(2)26-19(23)16-6-5-7-17(12-16)22-20(24)21-13-15-8-10-18(25-3)11-9-15/h5-12,14H,4,13H2,1-3H3,(H2,21,22,24). The molecule has 138 valence electrons. The first-order chi connectivity index (χ1) is 12.5. The number of nitrogens with one attached hydrogen (secondary N) is 2. The van der Waals surface area contributed by atoms with Crippen molar-refractivity contribution in [1.29, 1.82) is 0 Å². The molecule has 2 rings (SSSR count). The van der Waals surface area contributed by atoms with Crippen LogP contribution in [0.3, 0.4) is 0 Å². The van der Waals surface area contributed by atoms with E-state index in [2.05, 4.69) is 10.6 Å². The number of carbonyl (C=O) groups excluding carboxylic acids is 2. The maximum Gasteiger partial charge on any atom is 0.338 e. The summed E-state index contributed by atoms with van der Waals surface area (Å²) in [4.78, 5) is 24.1. The minimum absolute atomic E-state index is 0.146. The Morgan fingerprint density at radius 3 is 2.50 bits per heavy atom. The van der Waals surface area contributed by atoms with E-state index in [0.717, 1.165) is 17.7 Å². The summed E-state index contributed by atoms with van der Waals surface area (Å²) in [6.45, 7) is 4.17. The molecule has 6 heteroatoms. The highest BCUT2D eigenvalue weighted by molar-refractivity contribution is 5.94. The molecule has 0 spiro atoms. The van der Waals surface area contributed by atoms with Gasteiger partial charge >= 0.3 is 12.0 Å². The molecule has 2 aromatic carbocycles.